The van der Waals surface area contributed by atoms with Crippen LogP contribution in [0.4, 0.5) is 10.2 Å². The summed E-state index contributed by atoms with van der Waals surface area (Å²) in [6.45, 7) is 2.45. The van der Waals surface area contributed by atoms with Crippen LogP contribution < -0.4 is 15.8 Å². The van der Waals surface area contributed by atoms with Gasteiger partial charge in [0.2, 0.25) is 0 Å². The first-order valence-electron chi connectivity index (χ1n) is 10.6. The number of nitrogens with zero attached hydrogens (tertiary/aromatic N) is 2. The van der Waals surface area contributed by atoms with Gasteiger partial charge in [0.05, 0.1) is 30.9 Å². The molecular weight excluding hydrogens is 427 g/mol. The average Bonchev–Trinajstić information content (AvgIpc) is 3.45. The lowest BCUT2D eigenvalue weighted by atomic mass is 10.0. The molecule has 0 saturated carbocycles. The lowest BCUT2D eigenvalue weighted by Crippen LogP contribution is -2.23. The van der Waals surface area contributed by atoms with Crippen LogP contribution in [0.15, 0.2) is 42.5 Å². The van der Waals surface area contributed by atoms with Gasteiger partial charge in [-0.25, -0.2) is 9.07 Å². The van der Waals surface area contributed by atoms with Crippen LogP contribution in [-0.2, 0) is 11.3 Å². The summed E-state index contributed by atoms with van der Waals surface area (Å²) in [6, 6.07) is 11.3. The van der Waals surface area contributed by atoms with Crippen molar-refractivity contribution in [1.29, 1.82) is 0 Å². The second-order valence-electron chi connectivity index (χ2n) is 7.82. The Balaban J connectivity index is 1.57. The molecule has 1 aliphatic heterocycles. The number of benzene rings is 2. The van der Waals surface area contributed by atoms with Crippen LogP contribution >= 0.6 is 0 Å². The number of ketones is 1. The highest BCUT2D eigenvalue weighted by atomic mass is 19.1. The minimum absolute atomic E-state index is 0.0153. The average molecular weight is 452 g/mol. The topological polar surface area (TPSA) is 108 Å². The first kappa shape index (κ1) is 22.5. The van der Waals surface area contributed by atoms with Crippen molar-refractivity contribution >= 4 is 17.5 Å². The molecule has 8 nitrogen and oxygen atoms in total. The molecule has 4 rings (SSSR count). The summed E-state index contributed by atoms with van der Waals surface area (Å²) in [5, 5.41) is 7.23. The number of amides is 1. The molecule has 1 aliphatic rings. The molecule has 9 heteroatoms. The maximum Gasteiger partial charge on any atom is 0.255 e. The number of hydrogen-bond donors (Lipinski definition) is 2. The predicted octanol–water partition coefficient (Wildman–Crippen LogP) is 3.37. The Morgan fingerprint density at radius 1 is 1.30 bits per heavy atom. The highest BCUT2D eigenvalue weighted by Crippen LogP contribution is 2.32. The number of nitrogens with one attached hydrogen (secondary N) is 1. The van der Waals surface area contributed by atoms with E-state index in [2.05, 4.69) is 10.4 Å². The van der Waals surface area contributed by atoms with E-state index in [0.717, 1.165) is 6.42 Å². The molecule has 0 radical (unpaired) electrons. The summed E-state index contributed by atoms with van der Waals surface area (Å²) in [5.41, 5.74) is 7.90. The number of para-hydroxylation sites is 1. The molecule has 0 spiro atoms. The molecule has 1 amide bonds. The molecule has 172 valence electrons. The molecule has 2 aromatic carbocycles. The Morgan fingerprint density at radius 3 is 2.76 bits per heavy atom. The van der Waals surface area contributed by atoms with E-state index < -0.39 is 5.82 Å². The van der Waals surface area contributed by atoms with Crippen molar-refractivity contribution in [3.63, 3.8) is 0 Å². The molecule has 1 saturated heterocycles. The molecule has 1 unspecified atom stereocenters. The first-order valence-corrected chi connectivity index (χ1v) is 10.6. The third-order valence-electron chi connectivity index (χ3n) is 5.67. The van der Waals surface area contributed by atoms with E-state index in [9.17, 15) is 14.0 Å². The number of carbonyl (C=O) groups excluding carboxylic acids is 2. The number of carbonyl (C=O) groups is 2. The quantitative estimate of drug-likeness (QED) is 0.532. The van der Waals surface area contributed by atoms with E-state index in [0.29, 0.717) is 41.3 Å². The normalized spacial score (nSPS) is 15.4. The van der Waals surface area contributed by atoms with Crippen molar-refractivity contribution in [2.24, 2.45) is 0 Å². The number of Topliss-reactive ketones (excluding diaryl/α,β-unsaturated/α-hetero) is 1. The van der Waals surface area contributed by atoms with E-state index in [-0.39, 0.29) is 35.7 Å². The fourth-order valence-corrected chi connectivity index (χ4v) is 3.93. The second-order valence-corrected chi connectivity index (χ2v) is 7.82. The standard InChI is InChI=1S/C24H25FN4O4/c1-14(30)21-22(28-29(23(21)26)17-9-10-33-13-17)15-7-8-16(19(25)11-15)12-27-24(31)18-5-3-4-6-20(18)32-2/h3-8,11,17H,9-10,12-13,26H2,1-2H3,(H,27,31). The summed E-state index contributed by atoms with van der Waals surface area (Å²) >= 11 is 0. The Hall–Kier alpha value is -3.72. The zero-order chi connectivity index (χ0) is 23.5. The summed E-state index contributed by atoms with van der Waals surface area (Å²) in [5.74, 6) is -0.467. The summed E-state index contributed by atoms with van der Waals surface area (Å²) in [7, 11) is 1.48. The third kappa shape index (κ3) is 4.45. The van der Waals surface area contributed by atoms with Crippen LogP contribution in [0.25, 0.3) is 11.3 Å². The predicted molar refractivity (Wildman–Crippen MR) is 121 cm³/mol. The van der Waals surface area contributed by atoms with Crippen molar-refractivity contribution in [1.82, 2.24) is 15.1 Å². The number of nitrogens with two attached hydrogens (primary N) is 1. The second kappa shape index (κ2) is 9.41. The zero-order valence-corrected chi connectivity index (χ0v) is 18.4. The third-order valence-corrected chi connectivity index (χ3v) is 5.67. The Labute approximate surface area is 190 Å². The molecule has 2 heterocycles. The molecule has 1 fully saturated rings. The molecule has 0 aliphatic carbocycles. The van der Waals surface area contributed by atoms with Gasteiger partial charge in [-0.2, -0.15) is 5.10 Å². The van der Waals surface area contributed by atoms with Crippen LogP contribution in [-0.4, -0.2) is 41.8 Å². The van der Waals surface area contributed by atoms with Gasteiger partial charge < -0.3 is 20.5 Å². The fourth-order valence-electron chi connectivity index (χ4n) is 3.93. The number of anilines is 1. The van der Waals surface area contributed by atoms with Crippen LogP contribution in [0, 0.1) is 5.82 Å². The fraction of sp³-hybridized carbons (Fsp3) is 0.292. The van der Waals surface area contributed by atoms with E-state index >= 15 is 0 Å². The van der Waals surface area contributed by atoms with Gasteiger partial charge in [0.25, 0.3) is 5.91 Å². The molecular formula is C24H25FN4O4. The summed E-state index contributed by atoms with van der Waals surface area (Å²) in [6.07, 6.45) is 0.738. The number of ether oxygens (including phenoxy) is 2. The van der Waals surface area contributed by atoms with Gasteiger partial charge in [-0.1, -0.05) is 24.3 Å². The Morgan fingerprint density at radius 2 is 2.09 bits per heavy atom. The van der Waals surface area contributed by atoms with Gasteiger partial charge in [0.15, 0.2) is 5.78 Å². The van der Waals surface area contributed by atoms with Crippen molar-refractivity contribution < 1.29 is 23.5 Å². The molecule has 3 N–H and O–H groups in total. The molecule has 3 aromatic rings. The van der Waals surface area contributed by atoms with Gasteiger partial charge in [0, 0.05) is 24.3 Å². The maximum atomic E-state index is 14.9. The van der Waals surface area contributed by atoms with Gasteiger partial charge >= 0.3 is 0 Å². The van der Waals surface area contributed by atoms with Crippen molar-refractivity contribution in [3.05, 3.63) is 65.0 Å². The van der Waals surface area contributed by atoms with Crippen molar-refractivity contribution in [3.8, 4) is 17.0 Å². The number of hydrogen-bond acceptors (Lipinski definition) is 6. The Bertz CT molecular complexity index is 1200. The van der Waals surface area contributed by atoms with E-state index in [1.165, 1.54) is 20.1 Å². The maximum absolute atomic E-state index is 14.9. The summed E-state index contributed by atoms with van der Waals surface area (Å²) in [4.78, 5) is 24.8. The Kier molecular flexibility index (Phi) is 6.41. The number of nitrogen functional groups attached to an aromatic ring is 1. The van der Waals surface area contributed by atoms with E-state index in [4.69, 9.17) is 15.2 Å². The minimum Gasteiger partial charge on any atom is -0.496 e. The molecule has 33 heavy (non-hydrogen) atoms. The SMILES string of the molecule is COc1ccccc1C(=O)NCc1ccc(-c2nn(C3CCOC3)c(N)c2C(C)=O)cc1F. The van der Waals surface area contributed by atoms with E-state index in [1.54, 1.807) is 41.1 Å². The molecule has 1 aromatic heterocycles. The van der Waals surface area contributed by atoms with E-state index in [1.807, 2.05) is 0 Å². The highest BCUT2D eigenvalue weighted by molar-refractivity contribution is 6.04. The van der Waals surface area contributed by atoms with Crippen LogP contribution in [0.1, 0.15) is 45.7 Å². The first-order chi connectivity index (χ1) is 15.9. The lowest BCUT2D eigenvalue weighted by molar-refractivity contribution is 0.0946. The zero-order valence-electron chi connectivity index (χ0n) is 18.4. The largest absolute Gasteiger partial charge is 0.496 e. The number of rotatable bonds is 7. The number of aromatic nitrogens is 2. The van der Waals surface area contributed by atoms with Crippen molar-refractivity contribution in [2.75, 3.05) is 26.1 Å². The molecule has 0 bridgehead atoms. The lowest BCUT2D eigenvalue weighted by Gasteiger charge is -2.10. The minimum atomic E-state index is -0.528. The van der Waals surface area contributed by atoms with Gasteiger partial charge in [-0.05, 0) is 31.5 Å². The van der Waals surface area contributed by atoms with Gasteiger partial charge in [-0.3, -0.25) is 9.59 Å². The van der Waals surface area contributed by atoms with Crippen molar-refractivity contribution in [2.45, 2.75) is 25.9 Å². The monoisotopic (exact) mass is 452 g/mol. The highest BCUT2D eigenvalue weighted by Gasteiger charge is 2.27. The molecule has 1 atom stereocenters. The van der Waals surface area contributed by atoms with Crippen LogP contribution in [0.3, 0.4) is 0 Å². The van der Waals surface area contributed by atoms with Crippen LogP contribution in [0.2, 0.25) is 0 Å². The van der Waals surface area contributed by atoms with Crippen LogP contribution in [0.5, 0.6) is 5.75 Å². The summed E-state index contributed by atoms with van der Waals surface area (Å²) < 4.78 is 27.1. The number of halogens is 1. The smallest absolute Gasteiger partial charge is 0.255 e. The van der Waals surface area contributed by atoms with Gasteiger partial charge in [-0.15, -0.1) is 0 Å². The number of methoxy groups -OCH3 is 1. The van der Waals surface area contributed by atoms with Gasteiger partial charge in [0.1, 0.15) is 23.1 Å².